The van der Waals surface area contributed by atoms with Crippen molar-refractivity contribution in [1.29, 1.82) is 0 Å². The fraction of sp³-hybridized carbons (Fsp3) is 0.722. The van der Waals surface area contributed by atoms with Crippen molar-refractivity contribution < 1.29 is 14.3 Å². The zero-order valence-corrected chi connectivity index (χ0v) is 15.2. The van der Waals surface area contributed by atoms with Gasteiger partial charge < -0.3 is 14.8 Å². The van der Waals surface area contributed by atoms with Gasteiger partial charge in [0.25, 0.3) is 0 Å². The Morgan fingerprint density at radius 2 is 2.22 bits per heavy atom. The maximum Gasteiger partial charge on any atom is 0.341 e. The number of methoxy groups -OCH3 is 1. The molecule has 1 aromatic heterocycles. The summed E-state index contributed by atoms with van der Waals surface area (Å²) in [6, 6.07) is 0. The van der Waals surface area contributed by atoms with Crippen LogP contribution in [0.25, 0.3) is 0 Å². The van der Waals surface area contributed by atoms with Gasteiger partial charge in [0, 0.05) is 19.0 Å². The third-order valence-electron chi connectivity index (χ3n) is 5.11. The maximum atomic E-state index is 12.4. The average Bonchev–Trinajstić information content (AvgIpc) is 3.25. The van der Waals surface area contributed by atoms with Crippen molar-refractivity contribution in [1.82, 2.24) is 0 Å². The van der Waals surface area contributed by atoms with Crippen LogP contribution in [0.5, 0.6) is 0 Å². The minimum atomic E-state index is -0.184. The van der Waals surface area contributed by atoms with Crippen molar-refractivity contribution in [2.45, 2.75) is 45.4 Å². The Labute approximate surface area is 142 Å². The summed E-state index contributed by atoms with van der Waals surface area (Å²) in [4.78, 5) is 13.7. The second-order valence-corrected chi connectivity index (χ2v) is 8.04. The fourth-order valence-corrected chi connectivity index (χ4v) is 5.29. The van der Waals surface area contributed by atoms with Gasteiger partial charge in [-0.3, -0.25) is 0 Å². The van der Waals surface area contributed by atoms with E-state index in [0.29, 0.717) is 6.61 Å². The van der Waals surface area contributed by atoms with Crippen LogP contribution in [0.4, 0.5) is 5.00 Å². The van der Waals surface area contributed by atoms with Crippen LogP contribution in [-0.4, -0.2) is 33.3 Å². The monoisotopic (exact) mass is 337 g/mol. The lowest BCUT2D eigenvalue weighted by Gasteiger charge is -2.37. The summed E-state index contributed by atoms with van der Waals surface area (Å²) in [6.07, 6.45) is 7.11. The normalized spacial score (nSPS) is 23.4. The predicted octanol–water partition coefficient (Wildman–Crippen LogP) is 3.89. The van der Waals surface area contributed by atoms with E-state index in [4.69, 9.17) is 9.47 Å². The van der Waals surface area contributed by atoms with E-state index in [1.807, 2.05) is 21.1 Å². The van der Waals surface area contributed by atoms with E-state index in [1.165, 1.54) is 29.7 Å². The number of esters is 1. The third kappa shape index (κ3) is 3.41. The Morgan fingerprint density at radius 3 is 2.83 bits per heavy atom. The molecule has 2 aliphatic carbocycles. The molecule has 1 heterocycles. The van der Waals surface area contributed by atoms with Crippen molar-refractivity contribution in [3.8, 4) is 0 Å². The molecule has 0 aromatic carbocycles. The lowest BCUT2D eigenvalue weighted by atomic mass is 9.71. The smallest absolute Gasteiger partial charge is 0.341 e. The van der Waals surface area contributed by atoms with E-state index in [-0.39, 0.29) is 11.4 Å². The zero-order valence-electron chi connectivity index (χ0n) is 14.4. The number of carbonyl (C=O) groups is 1. The molecule has 3 rings (SSSR count). The first kappa shape index (κ1) is 16.8. The summed E-state index contributed by atoms with van der Waals surface area (Å²) in [5.74, 6) is 0.704. The van der Waals surface area contributed by atoms with Crippen LogP contribution >= 0.6 is 11.3 Å². The van der Waals surface area contributed by atoms with Crippen LogP contribution < -0.4 is 5.32 Å². The van der Waals surface area contributed by atoms with E-state index >= 15 is 0 Å². The van der Waals surface area contributed by atoms with Gasteiger partial charge >= 0.3 is 5.97 Å². The highest BCUT2D eigenvalue weighted by Gasteiger charge is 2.42. The topological polar surface area (TPSA) is 47.6 Å². The number of carbonyl (C=O) groups excluding carboxylic acids is 1. The highest BCUT2D eigenvalue weighted by molar-refractivity contribution is 7.16. The summed E-state index contributed by atoms with van der Waals surface area (Å²) < 4.78 is 10.8. The van der Waals surface area contributed by atoms with Crippen molar-refractivity contribution in [3.63, 3.8) is 0 Å². The molecule has 4 nitrogen and oxygen atoms in total. The zero-order chi connectivity index (χ0) is 16.4. The number of anilines is 1. The fourth-order valence-electron chi connectivity index (χ4n) is 3.93. The minimum absolute atomic E-state index is 0.184. The van der Waals surface area contributed by atoms with Gasteiger partial charge in [-0.1, -0.05) is 12.8 Å². The molecule has 23 heavy (non-hydrogen) atoms. The van der Waals surface area contributed by atoms with Crippen LogP contribution in [0.3, 0.4) is 0 Å². The molecule has 0 spiro atoms. The van der Waals surface area contributed by atoms with Crippen molar-refractivity contribution in [2.24, 2.45) is 11.3 Å². The highest BCUT2D eigenvalue weighted by Crippen LogP contribution is 2.50. The lowest BCUT2D eigenvalue weighted by molar-refractivity contribution is 0.0511. The van der Waals surface area contributed by atoms with Gasteiger partial charge in [0.2, 0.25) is 0 Å². The molecule has 0 radical (unpaired) electrons. The van der Waals surface area contributed by atoms with Gasteiger partial charge in [0.1, 0.15) is 5.00 Å². The van der Waals surface area contributed by atoms with E-state index in [2.05, 4.69) is 5.32 Å². The van der Waals surface area contributed by atoms with Crippen LogP contribution in [0, 0.1) is 11.3 Å². The number of nitrogens with one attached hydrogen (secondary N) is 1. The Hall–Kier alpha value is -1.07. The molecule has 0 saturated heterocycles. The van der Waals surface area contributed by atoms with Crippen molar-refractivity contribution >= 4 is 22.3 Å². The molecule has 2 aliphatic rings. The molecular weight excluding hydrogens is 310 g/mol. The van der Waals surface area contributed by atoms with E-state index in [9.17, 15) is 4.79 Å². The Balaban J connectivity index is 1.89. The summed E-state index contributed by atoms with van der Waals surface area (Å²) in [5, 5.41) is 4.14. The van der Waals surface area contributed by atoms with Gasteiger partial charge in [0.05, 0.1) is 18.8 Å². The Morgan fingerprint density at radius 1 is 1.43 bits per heavy atom. The number of fused-ring (bicyclic) bond motifs is 1. The number of rotatable bonds is 7. The molecule has 1 fully saturated rings. The molecule has 1 atom stereocenters. The Kier molecular flexibility index (Phi) is 4.97. The third-order valence-corrected chi connectivity index (χ3v) is 6.36. The van der Waals surface area contributed by atoms with E-state index in [1.54, 1.807) is 11.3 Å². The first-order valence-electron chi connectivity index (χ1n) is 8.61. The number of hydrogen-bond acceptors (Lipinski definition) is 5. The van der Waals surface area contributed by atoms with E-state index < -0.39 is 0 Å². The van der Waals surface area contributed by atoms with Gasteiger partial charge in [-0.15, -0.1) is 11.3 Å². The standard InChI is InChI=1S/C18H27NO3S/c1-4-22-17(20)15-13-7-8-18(11-21-3,9-12-5-6-12)10-14(13)23-16(15)19-2/h12,19H,4-11H2,1-3H3. The highest BCUT2D eigenvalue weighted by atomic mass is 32.1. The molecular formula is C18H27NO3S. The minimum Gasteiger partial charge on any atom is -0.462 e. The largest absolute Gasteiger partial charge is 0.462 e. The SMILES string of the molecule is CCOC(=O)c1c(NC)sc2c1CCC(COC)(CC1CC1)C2. The Bertz CT molecular complexity index is 579. The molecule has 5 heteroatoms. The van der Waals surface area contributed by atoms with Gasteiger partial charge in [-0.25, -0.2) is 4.79 Å². The van der Waals surface area contributed by atoms with Crippen LogP contribution in [-0.2, 0) is 22.3 Å². The molecule has 0 bridgehead atoms. The number of hydrogen-bond donors (Lipinski definition) is 1. The molecule has 1 aromatic rings. The molecule has 0 amide bonds. The number of ether oxygens (including phenoxy) is 2. The maximum absolute atomic E-state index is 12.4. The first-order chi connectivity index (χ1) is 11.1. The number of thiophene rings is 1. The lowest BCUT2D eigenvalue weighted by Crippen LogP contribution is -2.33. The quantitative estimate of drug-likeness (QED) is 0.767. The molecule has 128 valence electrons. The summed E-state index contributed by atoms with van der Waals surface area (Å²) in [7, 11) is 3.69. The second kappa shape index (κ2) is 6.81. The first-order valence-corrected chi connectivity index (χ1v) is 9.42. The molecule has 0 aliphatic heterocycles. The molecule has 1 N–H and O–H groups in total. The molecule has 1 unspecified atom stereocenters. The van der Waals surface area contributed by atoms with Crippen LogP contribution in [0.2, 0.25) is 0 Å². The van der Waals surface area contributed by atoms with Crippen LogP contribution in [0.15, 0.2) is 0 Å². The average molecular weight is 337 g/mol. The van der Waals surface area contributed by atoms with E-state index in [0.717, 1.165) is 42.4 Å². The van der Waals surface area contributed by atoms with Gasteiger partial charge in [-0.2, -0.15) is 0 Å². The predicted molar refractivity (Wildman–Crippen MR) is 93.5 cm³/mol. The second-order valence-electron chi connectivity index (χ2n) is 6.94. The van der Waals surface area contributed by atoms with Crippen molar-refractivity contribution in [2.75, 3.05) is 32.7 Å². The summed E-state index contributed by atoms with van der Waals surface area (Å²) in [6.45, 7) is 3.10. The van der Waals surface area contributed by atoms with Crippen molar-refractivity contribution in [3.05, 3.63) is 16.0 Å². The summed E-state index contributed by atoms with van der Waals surface area (Å²) in [5.41, 5.74) is 2.23. The van der Waals surface area contributed by atoms with Gasteiger partial charge in [-0.05, 0) is 49.5 Å². The van der Waals surface area contributed by atoms with Gasteiger partial charge in [0.15, 0.2) is 0 Å². The van der Waals surface area contributed by atoms with Crippen LogP contribution in [0.1, 0.15) is 53.4 Å². The molecule has 1 saturated carbocycles. The summed E-state index contributed by atoms with van der Waals surface area (Å²) >= 11 is 1.72.